The van der Waals surface area contributed by atoms with Gasteiger partial charge in [0.15, 0.2) is 5.82 Å². The minimum absolute atomic E-state index is 0.00861. The number of halogens is 7. The van der Waals surface area contributed by atoms with E-state index in [1.165, 1.54) is 0 Å². The first kappa shape index (κ1) is 38.6. The SMILES string of the molecule is Cn1cc(C(=O)N2CCC(CC(=O)Nc3ccc4cc3CCc3cncc(c3)Nc3ncc(Cl)c(n3)N4)CC2)cn1.O=C(C(=O)C(F)(F)F)C(F)(F)F. The van der Waals surface area contributed by atoms with Gasteiger partial charge in [-0.2, -0.15) is 36.4 Å². The molecule has 0 atom stereocenters. The van der Waals surface area contributed by atoms with Crippen molar-refractivity contribution in [3.63, 3.8) is 0 Å². The van der Waals surface area contributed by atoms with Crippen LogP contribution in [0.5, 0.6) is 0 Å². The molecule has 13 nitrogen and oxygen atoms in total. The maximum atomic E-state index is 13.1. The lowest BCUT2D eigenvalue weighted by molar-refractivity contribution is -0.193. The molecule has 1 aromatic carbocycles. The number of rotatable bonds is 5. The molecular weight excluding hydrogens is 736 g/mol. The number of likely N-dealkylation sites (tertiary alicyclic amines) is 1. The highest BCUT2D eigenvalue weighted by atomic mass is 35.5. The molecular formula is C33H30ClF6N9O4. The number of pyridine rings is 1. The van der Waals surface area contributed by atoms with Crippen LogP contribution in [0, 0.1) is 5.92 Å². The summed E-state index contributed by atoms with van der Waals surface area (Å²) in [6, 6.07) is 7.84. The van der Waals surface area contributed by atoms with Gasteiger partial charge in [-0.15, -0.1) is 0 Å². The molecule has 2 aliphatic heterocycles. The molecule has 20 heteroatoms. The molecule has 0 saturated carbocycles. The number of aromatic nitrogens is 5. The number of amides is 2. The molecule has 4 aromatic rings. The highest BCUT2D eigenvalue weighted by molar-refractivity contribution is 6.41. The summed E-state index contributed by atoms with van der Waals surface area (Å²) in [4.78, 5) is 60.1. The topological polar surface area (TPSA) is 164 Å². The predicted octanol–water partition coefficient (Wildman–Crippen LogP) is 5.97. The van der Waals surface area contributed by atoms with Crippen LogP contribution in [-0.2, 0) is 34.3 Å². The number of Topliss-reactive ketones (excluding diaryl/α,β-unsaturated/α-hetero) is 2. The Balaban J connectivity index is 0.000000390. The molecule has 53 heavy (non-hydrogen) atoms. The van der Waals surface area contributed by atoms with Gasteiger partial charge in [0, 0.05) is 50.3 Å². The molecule has 0 radical (unpaired) electrons. The van der Waals surface area contributed by atoms with Crippen LogP contribution in [0.3, 0.4) is 0 Å². The van der Waals surface area contributed by atoms with Crippen molar-refractivity contribution in [2.45, 2.75) is 44.5 Å². The lowest BCUT2D eigenvalue weighted by Crippen LogP contribution is -2.39. The molecule has 6 rings (SSSR count). The van der Waals surface area contributed by atoms with Crippen LogP contribution < -0.4 is 16.0 Å². The van der Waals surface area contributed by atoms with Crippen molar-refractivity contribution in [3.8, 4) is 0 Å². The largest absolute Gasteiger partial charge is 0.458 e. The first-order chi connectivity index (χ1) is 25.0. The average molecular weight is 766 g/mol. The van der Waals surface area contributed by atoms with Crippen LogP contribution in [-0.4, -0.2) is 78.5 Å². The first-order valence-electron chi connectivity index (χ1n) is 15.9. The molecule has 2 amide bonds. The Morgan fingerprint density at radius 1 is 0.906 bits per heavy atom. The summed E-state index contributed by atoms with van der Waals surface area (Å²) in [5, 5.41) is 14.1. The minimum Gasteiger partial charge on any atom is -0.339 e. The average Bonchev–Trinajstić information content (AvgIpc) is 3.54. The monoisotopic (exact) mass is 765 g/mol. The van der Waals surface area contributed by atoms with Crippen LogP contribution in [0.4, 0.5) is 55.2 Å². The van der Waals surface area contributed by atoms with Gasteiger partial charge in [-0.3, -0.25) is 28.8 Å². The Hall–Kier alpha value is -5.59. The maximum absolute atomic E-state index is 13.1. The van der Waals surface area contributed by atoms with Gasteiger partial charge in [0.2, 0.25) is 11.9 Å². The van der Waals surface area contributed by atoms with E-state index >= 15 is 0 Å². The number of ketones is 2. The van der Waals surface area contributed by atoms with Crippen molar-refractivity contribution >= 4 is 63.8 Å². The Labute approximate surface area is 302 Å². The van der Waals surface area contributed by atoms with Gasteiger partial charge in [0.25, 0.3) is 5.91 Å². The summed E-state index contributed by atoms with van der Waals surface area (Å²) in [7, 11) is 1.80. The van der Waals surface area contributed by atoms with Gasteiger partial charge in [-0.1, -0.05) is 11.6 Å². The highest BCUT2D eigenvalue weighted by Gasteiger charge is 2.54. The number of carbonyl (C=O) groups excluding carboxylic acids is 4. The van der Waals surface area contributed by atoms with Crippen LogP contribution in [0.1, 0.15) is 40.7 Å². The number of aryl methyl sites for hydroxylation is 3. The van der Waals surface area contributed by atoms with Crippen LogP contribution in [0.2, 0.25) is 5.02 Å². The van der Waals surface area contributed by atoms with Crippen molar-refractivity contribution in [3.05, 3.63) is 77.0 Å². The molecule has 0 aliphatic carbocycles. The number of alkyl halides is 6. The van der Waals surface area contributed by atoms with E-state index < -0.39 is 23.9 Å². The number of hydrogen-bond acceptors (Lipinski definition) is 10. The summed E-state index contributed by atoms with van der Waals surface area (Å²) in [5.74, 6) is -5.75. The van der Waals surface area contributed by atoms with E-state index in [1.807, 2.05) is 35.4 Å². The third-order valence-electron chi connectivity index (χ3n) is 8.17. The molecule has 5 heterocycles. The first-order valence-corrected chi connectivity index (χ1v) is 16.3. The predicted molar refractivity (Wildman–Crippen MR) is 179 cm³/mol. The number of hydrogen-bond donors (Lipinski definition) is 3. The molecule has 1 fully saturated rings. The standard InChI is InChI=1S/C29H30ClN9O2.C4F6O2/c1-38-17-21(14-33-38)28(41)39-8-6-18(7-9-39)11-26(40)36-25-5-4-22-12-20(25)3-2-19-10-23(15-31-13-19)35-29-32-16-24(30)27(34-22)37-29;5-3(6,7)1(11)2(12)4(8,9)10/h4-5,10,12-18H,2-3,6-9,11H2,1H3,(H,36,40)(H2,32,34,35,37);. The van der Waals surface area contributed by atoms with Crippen LogP contribution in [0.25, 0.3) is 0 Å². The second-order valence-electron chi connectivity index (χ2n) is 12.1. The zero-order valence-electron chi connectivity index (χ0n) is 27.7. The number of piperidine rings is 1. The fourth-order valence-corrected chi connectivity index (χ4v) is 5.67. The summed E-state index contributed by atoms with van der Waals surface area (Å²) < 4.78 is 68.6. The van der Waals surface area contributed by atoms with Gasteiger partial charge < -0.3 is 20.9 Å². The van der Waals surface area contributed by atoms with Gasteiger partial charge >= 0.3 is 23.9 Å². The van der Waals surface area contributed by atoms with Gasteiger partial charge in [-0.05, 0) is 67.0 Å². The molecule has 3 aromatic heterocycles. The highest BCUT2D eigenvalue weighted by Crippen LogP contribution is 2.30. The van der Waals surface area contributed by atoms with E-state index in [9.17, 15) is 45.5 Å². The zero-order chi connectivity index (χ0) is 38.5. The number of nitrogens with one attached hydrogen (secondary N) is 3. The molecule has 1 saturated heterocycles. The number of nitrogens with zero attached hydrogens (tertiary/aromatic N) is 6. The second kappa shape index (κ2) is 16.0. The van der Waals surface area contributed by atoms with Gasteiger partial charge in [0.05, 0.1) is 29.8 Å². The molecule has 0 spiro atoms. The Bertz CT molecular complexity index is 1990. The van der Waals surface area contributed by atoms with Crippen LogP contribution in [0.15, 0.2) is 55.2 Å². The minimum atomic E-state index is -5.77. The fraction of sp³-hybridized carbons (Fsp3) is 0.333. The third kappa shape index (κ3) is 10.3. The summed E-state index contributed by atoms with van der Waals surface area (Å²) in [6.07, 6.45) is 0.302. The van der Waals surface area contributed by atoms with E-state index in [-0.39, 0.29) is 17.7 Å². The Kier molecular flexibility index (Phi) is 11.6. The van der Waals surface area contributed by atoms with E-state index in [1.54, 1.807) is 36.5 Å². The lowest BCUT2D eigenvalue weighted by Gasteiger charge is -2.31. The summed E-state index contributed by atoms with van der Waals surface area (Å²) >= 11 is 6.37. The quantitative estimate of drug-likeness (QED) is 0.163. The van der Waals surface area contributed by atoms with E-state index in [4.69, 9.17) is 11.6 Å². The Morgan fingerprint density at radius 2 is 1.60 bits per heavy atom. The third-order valence-corrected chi connectivity index (χ3v) is 8.45. The van der Waals surface area contributed by atoms with E-state index in [0.29, 0.717) is 48.3 Å². The van der Waals surface area contributed by atoms with Crippen LogP contribution >= 0.6 is 11.6 Å². The summed E-state index contributed by atoms with van der Waals surface area (Å²) in [6.45, 7) is 1.26. The number of carbonyl (C=O) groups is 4. The molecule has 0 unspecified atom stereocenters. The van der Waals surface area contributed by atoms with Crippen molar-refractivity contribution in [1.29, 1.82) is 0 Å². The maximum Gasteiger partial charge on any atom is 0.458 e. The van der Waals surface area contributed by atoms with E-state index in [2.05, 4.69) is 36.0 Å². The van der Waals surface area contributed by atoms with E-state index in [0.717, 1.165) is 47.5 Å². The van der Waals surface area contributed by atoms with Crippen molar-refractivity contribution < 1.29 is 45.5 Å². The smallest absolute Gasteiger partial charge is 0.339 e. The van der Waals surface area contributed by atoms with Crippen molar-refractivity contribution in [2.75, 3.05) is 29.0 Å². The van der Waals surface area contributed by atoms with Gasteiger partial charge in [-0.25, -0.2) is 4.98 Å². The normalized spacial score (nSPS) is 14.5. The van der Waals surface area contributed by atoms with Crippen molar-refractivity contribution in [2.24, 2.45) is 13.0 Å². The number of fused-ring (bicyclic) bond motifs is 6. The molecule has 2 aliphatic rings. The lowest BCUT2D eigenvalue weighted by atomic mass is 9.92. The molecule has 6 bridgehead atoms. The summed E-state index contributed by atoms with van der Waals surface area (Å²) in [5.41, 5.74) is 4.99. The van der Waals surface area contributed by atoms with Gasteiger partial charge in [0.1, 0.15) is 5.02 Å². The fourth-order valence-electron chi connectivity index (χ4n) is 5.53. The Morgan fingerprint density at radius 3 is 2.25 bits per heavy atom. The second-order valence-corrected chi connectivity index (χ2v) is 12.5. The molecule has 3 N–H and O–H groups in total. The van der Waals surface area contributed by atoms with Crippen molar-refractivity contribution in [1.82, 2.24) is 29.6 Å². The zero-order valence-corrected chi connectivity index (χ0v) is 28.4. The number of anilines is 5. The number of benzene rings is 1. The molecule has 280 valence electrons.